The molecule has 1 aromatic rings. The Morgan fingerprint density at radius 2 is 2.24 bits per heavy atom. The molecule has 2 heteroatoms. The molecule has 1 rings (SSSR count). The van der Waals surface area contributed by atoms with Crippen molar-refractivity contribution in [3.8, 4) is 0 Å². The summed E-state index contributed by atoms with van der Waals surface area (Å²) in [5.74, 6) is 0.585. The highest BCUT2D eigenvalue weighted by Gasteiger charge is 1.99. The lowest BCUT2D eigenvalue weighted by Crippen LogP contribution is -1.94. The fourth-order valence-corrected chi connectivity index (χ4v) is 1.36. The number of aryl methyl sites for hydroxylation is 1. The number of benzene rings is 1. The molecule has 1 aromatic carbocycles. The Balaban J connectivity index is 2.61. The third-order valence-electron chi connectivity index (χ3n) is 2.30. The van der Waals surface area contributed by atoms with Gasteiger partial charge in [-0.2, -0.15) is 0 Å². The van der Waals surface area contributed by atoms with Gasteiger partial charge in [0.05, 0.1) is 0 Å². The Morgan fingerprint density at radius 1 is 1.47 bits per heavy atom. The topological polar surface area (TPSA) is 26.3 Å². The van der Waals surface area contributed by atoms with Crippen LogP contribution in [-0.4, -0.2) is 6.29 Å². The molecule has 0 fully saturated rings. The van der Waals surface area contributed by atoms with E-state index in [1.807, 2.05) is 19.1 Å². The minimum atomic E-state index is 0.445. The summed E-state index contributed by atoms with van der Waals surface area (Å²) in [6.45, 7) is 9.66. The van der Waals surface area contributed by atoms with Gasteiger partial charge >= 0.3 is 0 Å². The van der Waals surface area contributed by atoms with Gasteiger partial charge in [-0.3, -0.25) is 4.79 Å². The Bertz CT molecular complexity index is 456. The summed E-state index contributed by atoms with van der Waals surface area (Å²) in [5.41, 5.74) is 2.67. The van der Waals surface area contributed by atoms with Gasteiger partial charge in [-0.1, -0.05) is 43.5 Å². The first-order valence-corrected chi connectivity index (χ1v) is 5.33. The number of carbonyl (C=O) groups excluding carboxylic acids is 1. The van der Waals surface area contributed by atoms with Crippen LogP contribution in [0.25, 0.3) is 0 Å². The van der Waals surface area contributed by atoms with E-state index >= 15 is 0 Å². The van der Waals surface area contributed by atoms with Crippen LogP contribution in [0, 0.1) is 6.92 Å². The monoisotopic (exact) mass is 228 g/mol. The number of aldehydes is 1. The molecule has 0 spiro atoms. The number of hydrogen-bond acceptors (Lipinski definition) is 2. The van der Waals surface area contributed by atoms with Crippen molar-refractivity contribution in [1.29, 1.82) is 0 Å². The van der Waals surface area contributed by atoms with Gasteiger partial charge in [0, 0.05) is 5.56 Å². The quantitative estimate of drug-likeness (QED) is 0.422. The Labute approximate surface area is 102 Å². The summed E-state index contributed by atoms with van der Waals surface area (Å²) in [7, 11) is 0. The molecular formula is C15H16O2. The summed E-state index contributed by atoms with van der Waals surface area (Å²) >= 11 is 0. The Morgan fingerprint density at radius 3 is 2.82 bits per heavy atom. The number of rotatable bonds is 6. The minimum absolute atomic E-state index is 0.445. The lowest BCUT2D eigenvalue weighted by atomic mass is 10.1. The van der Waals surface area contributed by atoms with Crippen molar-refractivity contribution < 1.29 is 9.53 Å². The number of ether oxygens (including phenoxy) is 1. The number of carbonyl (C=O) groups is 1. The van der Waals surface area contributed by atoms with Gasteiger partial charge in [-0.15, -0.1) is 0 Å². The summed E-state index contributed by atoms with van der Waals surface area (Å²) in [4.78, 5) is 10.7. The second kappa shape index (κ2) is 6.48. The number of allylic oxidation sites excluding steroid dienone is 3. The third-order valence-corrected chi connectivity index (χ3v) is 2.30. The first-order valence-electron chi connectivity index (χ1n) is 5.33. The predicted octanol–water partition coefficient (Wildman–Crippen LogP) is 3.58. The second-order valence-electron chi connectivity index (χ2n) is 3.66. The van der Waals surface area contributed by atoms with Crippen molar-refractivity contribution in [2.75, 3.05) is 0 Å². The molecule has 0 saturated carbocycles. The largest absolute Gasteiger partial charge is 0.490 e. The molecule has 88 valence electrons. The zero-order chi connectivity index (χ0) is 12.7. The summed E-state index contributed by atoms with van der Waals surface area (Å²) < 4.78 is 5.44. The highest BCUT2D eigenvalue weighted by atomic mass is 16.5. The molecule has 0 aliphatic heterocycles. The van der Waals surface area contributed by atoms with Crippen LogP contribution in [0.15, 0.2) is 55.3 Å². The van der Waals surface area contributed by atoms with Crippen molar-refractivity contribution in [3.05, 3.63) is 72.0 Å². The van der Waals surface area contributed by atoms with E-state index in [0.717, 1.165) is 17.4 Å². The van der Waals surface area contributed by atoms with Crippen LogP contribution in [0.4, 0.5) is 0 Å². The van der Waals surface area contributed by atoms with Gasteiger partial charge < -0.3 is 4.74 Å². The molecule has 0 radical (unpaired) electrons. The average Bonchev–Trinajstić information content (AvgIpc) is 2.34. The third kappa shape index (κ3) is 4.11. The average molecular weight is 228 g/mol. The van der Waals surface area contributed by atoms with E-state index in [4.69, 9.17) is 4.74 Å². The fraction of sp³-hybridized carbons (Fsp3) is 0.133. The molecule has 0 amide bonds. The van der Waals surface area contributed by atoms with Gasteiger partial charge in [0.2, 0.25) is 0 Å². The van der Waals surface area contributed by atoms with E-state index < -0.39 is 0 Å². The van der Waals surface area contributed by atoms with E-state index in [2.05, 4.69) is 13.2 Å². The van der Waals surface area contributed by atoms with E-state index in [0.29, 0.717) is 17.9 Å². The van der Waals surface area contributed by atoms with E-state index in [1.54, 1.807) is 24.3 Å². The molecule has 0 N–H and O–H groups in total. The van der Waals surface area contributed by atoms with Crippen molar-refractivity contribution in [2.45, 2.75) is 13.5 Å². The standard InChI is InChI=1S/C15H16O2/c1-4-5-6-13(3)17-11-14-7-8-15(10-16)12(2)9-14/h4-10H,1,3,11H2,2H3/b6-5-. The molecule has 0 atom stereocenters. The summed E-state index contributed by atoms with van der Waals surface area (Å²) in [6, 6.07) is 5.61. The minimum Gasteiger partial charge on any atom is -0.490 e. The van der Waals surface area contributed by atoms with Gasteiger partial charge in [-0.25, -0.2) is 0 Å². The Kier molecular flexibility index (Phi) is 4.95. The SMILES string of the molecule is C=C/C=C\C(=C)OCc1ccc(C=O)c(C)c1. The van der Waals surface area contributed by atoms with Gasteiger partial charge in [0.1, 0.15) is 18.7 Å². The van der Waals surface area contributed by atoms with Crippen LogP contribution in [0.1, 0.15) is 21.5 Å². The van der Waals surface area contributed by atoms with Crippen LogP contribution >= 0.6 is 0 Å². The normalized spacial score (nSPS) is 10.2. The highest BCUT2D eigenvalue weighted by molar-refractivity contribution is 5.77. The molecule has 0 saturated heterocycles. The predicted molar refractivity (Wildman–Crippen MR) is 69.8 cm³/mol. The van der Waals surface area contributed by atoms with Crippen molar-refractivity contribution in [2.24, 2.45) is 0 Å². The highest BCUT2D eigenvalue weighted by Crippen LogP contribution is 2.11. The van der Waals surface area contributed by atoms with Gasteiger partial charge in [0.15, 0.2) is 0 Å². The lowest BCUT2D eigenvalue weighted by molar-refractivity contribution is 0.112. The van der Waals surface area contributed by atoms with Crippen LogP contribution in [0.2, 0.25) is 0 Å². The van der Waals surface area contributed by atoms with Crippen molar-refractivity contribution in [1.82, 2.24) is 0 Å². The Hall–Kier alpha value is -2.09. The maximum Gasteiger partial charge on any atom is 0.150 e. The van der Waals surface area contributed by atoms with Crippen LogP contribution < -0.4 is 0 Å². The lowest BCUT2D eigenvalue weighted by Gasteiger charge is -2.07. The van der Waals surface area contributed by atoms with E-state index in [-0.39, 0.29) is 0 Å². The molecule has 0 heterocycles. The zero-order valence-electron chi connectivity index (χ0n) is 9.98. The maximum absolute atomic E-state index is 10.7. The molecule has 0 aliphatic rings. The molecule has 0 unspecified atom stereocenters. The number of hydrogen-bond donors (Lipinski definition) is 0. The van der Waals surface area contributed by atoms with Crippen LogP contribution in [0.5, 0.6) is 0 Å². The fourth-order valence-electron chi connectivity index (χ4n) is 1.36. The smallest absolute Gasteiger partial charge is 0.150 e. The van der Waals surface area contributed by atoms with Crippen molar-refractivity contribution in [3.63, 3.8) is 0 Å². The molecule has 2 nitrogen and oxygen atoms in total. The van der Waals surface area contributed by atoms with Gasteiger partial charge in [-0.05, 0) is 24.1 Å². The second-order valence-corrected chi connectivity index (χ2v) is 3.66. The van der Waals surface area contributed by atoms with E-state index in [1.165, 1.54) is 0 Å². The summed E-state index contributed by atoms with van der Waals surface area (Å²) in [6.07, 6.45) is 6.03. The van der Waals surface area contributed by atoms with E-state index in [9.17, 15) is 4.79 Å². The van der Waals surface area contributed by atoms with Crippen molar-refractivity contribution >= 4 is 6.29 Å². The summed E-state index contributed by atoms with van der Waals surface area (Å²) in [5, 5.41) is 0. The maximum atomic E-state index is 10.7. The van der Waals surface area contributed by atoms with Gasteiger partial charge in [0.25, 0.3) is 0 Å². The molecule has 0 bridgehead atoms. The van der Waals surface area contributed by atoms with Crippen LogP contribution in [-0.2, 0) is 11.3 Å². The zero-order valence-corrected chi connectivity index (χ0v) is 9.98. The van der Waals surface area contributed by atoms with Crippen LogP contribution in [0.3, 0.4) is 0 Å². The molecular weight excluding hydrogens is 212 g/mol. The first-order chi connectivity index (χ1) is 8.17. The first kappa shape index (κ1) is 13.0. The molecule has 17 heavy (non-hydrogen) atoms. The molecule has 0 aromatic heterocycles. The molecule has 0 aliphatic carbocycles.